The molecule has 0 radical (unpaired) electrons. The third-order valence-electron chi connectivity index (χ3n) is 2.38. The summed E-state index contributed by atoms with van der Waals surface area (Å²) in [5.74, 6) is 0. The van der Waals surface area contributed by atoms with Crippen molar-refractivity contribution in [1.82, 2.24) is 0 Å². The largest absolute Gasteiger partial charge is 0.498 e. The number of azide groups is 1. The second-order valence-corrected chi connectivity index (χ2v) is 3.47. The third kappa shape index (κ3) is 2.82. The Kier molecular flexibility index (Phi) is 3.60. The molecule has 7 heteroatoms. The molecule has 0 aromatic rings. The van der Waals surface area contributed by atoms with Crippen molar-refractivity contribution in [2.45, 2.75) is 31.2 Å². The van der Waals surface area contributed by atoms with Gasteiger partial charge in [0, 0.05) is 11.2 Å². The van der Waals surface area contributed by atoms with Gasteiger partial charge in [-0.2, -0.15) is 5.26 Å². The molecule has 0 aliphatic carbocycles. The average Bonchev–Trinajstić information content (AvgIpc) is 2.16. The van der Waals surface area contributed by atoms with Gasteiger partial charge in [0.05, 0.1) is 6.54 Å². The van der Waals surface area contributed by atoms with Crippen molar-refractivity contribution in [3.63, 3.8) is 0 Å². The van der Waals surface area contributed by atoms with E-state index in [1.54, 1.807) is 6.26 Å². The average molecular weight is 196 g/mol. The monoisotopic (exact) mass is 196 g/mol. The quantitative estimate of drug-likeness (QED) is 0.228. The summed E-state index contributed by atoms with van der Waals surface area (Å²) in [4.78, 5) is 2.53. The summed E-state index contributed by atoms with van der Waals surface area (Å²) in [5.41, 5.74) is 6.59. The summed E-state index contributed by atoms with van der Waals surface area (Å²) in [5, 5.41) is 11.5. The minimum absolute atomic E-state index is 0.138. The Morgan fingerprint density at radius 3 is 3.21 bits per heavy atom. The minimum Gasteiger partial charge on any atom is -0.498 e. The van der Waals surface area contributed by atoms with Crippen molar-refractivity contribution in [1.29, 1.82) is 5.26 Å². The van der Waals surface area contributed by atoms with Crippen molar-refractivity contribution in [3.05, 3.63) is 10.4 Å². The molecule has 1 aliphatic rings. The Labute approximate surface area is 81.6 Å². The number of hydrogen-bond acceptors (Lipinski definition) is 3. The zero-order valence-electron chi connectivity index (χ0n) is 7.69. The standard InChI is InChI=1S/C7H10BFN4O/c9-7(5-12-13-11)2-1-3-8(4-7)14-6-10/h1-5H2/t7-/m0/s1. The molecule has 1 aliphatic heterocycles. The first-order valence-corrected chi connectivity index (χ1v) is 4.45. The van der Waals surface area contributed by atoms with Gasteiger partial charge in [-0.3, -0.25) is 0 Å². The zero-order chi connectivity index (χ0) is 10.4. The van der Waals surface area contributed by atoms with E-state index in [1.807, 2.05) is 0 Å². The summed E-state index contributed by atoms with van der Waals surface area (Å²) in [6, 6.07) is 0. The van der Waals surface area contributed by atoms with Gasteiger partial charge in [0.1, 0.15) is 5.67 Å². The summed E-state index contributed by atoms with van der Waals surface area (Å²) >= 11 is 0. The van der Waals surface area contributed by atoms with Crippen molar-refractivity contribution < 1.29 is 9.04 Å². The fourth-order valence-corrected chi connectivity index (χ4v) is 1.74. The van der Waals surface area contributed by atoms with Crippen LogP contribution in [0.25, 0.3) is 10.4 Å². The van der Waals surface area contributed by atoms with Crippen LogP contribution in [0.3, 0.4) is 0 Å². The molecule has 74 valence electrons. The molecule has 0 aromatic carbocycles. The molecule has 0 spiro atoms. The van der Waals surface area contributed by atoms with Gasteiger partial charge in [-0.05, 0) is 18.3 Å². The molecule has 0 unspecified atom stereocenters. The van der Waals surface area contributed by atoms with E-state index < -0.39 is 5.67 Å². The number of nitrogens with zero attached hydrogens (tertiary/aromatic N) is 4. The van der Waals surface area contributed by atoms with Crippen LogP contribution in [-0.4, -0.2) is 19.1 Å². The maximum atomic E-state index is 13.9. The van der Waals surface area contributed by atoms with Crippen LogP contribution in [0.15, 0.2) is 5.11 Å². The number of alkyl halides is 1. The predicted octanol–water partition coefficient (Wildman–Crippen LogP) is 2.29. The van der Waals surface area contributed by atoms with E-state index in [0.717, 1.165) is 0 Å². The van der Waals surface area contributed by atoms with E-state index in [0.29, 0.717) is 19.2 Å². The van der Waals surface area contributed by atoms with Gasteiger partial charge in [0.2, 0.25) is 0 Å². The molecule has 0 aromatic heterocycles. The van der Waals surface area contributed by atoms with Crippen LogP contribution in [0, 0.1) is 11.5 Å². The molecule has 0 saturated carbocycles. The van der Waals surface area contributed by atoms with Crippen LogP contribution in [0.4, 0.5) is 4.39 Å². The summed E-state index contributed by atoms with van der Waals surface area (Å²) in [6.45, 7) is -0.540. The van der Waals surface area contributed by atoms with Gasteiger partial charge in [-0.1, -0.05) is 11.5 Å². The highest BCUT2D eigenvalue weighted by atomic mass is 19.1. The molecule has 1 atom stereocenters. The Morgan fingerprint density at radius 1 is 1.79 bits per heavy atom. The first kappa shape index (κ1) is 10.7. The molecule has 5 nitrogen and oxygen atoms in total. The molecular weight excluding hydrogens is 186 g/mol. The third-order valence-corrected chi connectivity index (χ3v) is 2.38. The van der Waals surface area contributed by atoms with Crippen LogP contribution in [0.2, 0.25) is 12.6 Å². The summed E-state index contributed by atoms with van der Waals surface area (Å²) in [6.07, 6.45) is 3.42. The highest BCUT2D eigenvalue weighted by Crippen LogP contribution is 2.33. The van der Waals surface area contributed by atoms with Crippen molar-refractivity contribution in [2.75, 3.05) is 6.54 Å². The normalized spacial score (nSPS) is 26.1. The highest BCUT2D eigenvalue weighted by Gasteiger charge is 2.39. The first-order chi connectivity index (χ1) is 6.70. The molecule has 1 heterocycles. The maximum Gasteiger partial charge on any atom is 0.376 e. The van der Waals surface area contributed by atoms with E-state index in [9.17, 15) is 4.39 Å². The van der Waals surface area contributed by atoms with Crippen molar-refractivity contribution in [2.24, 2.45) is 5.11 Å². The van der Waals surface area contributed by atoms with E-state index in [2.05, 4.69) is 14.7 Å². The molecular formula is C7H10BFN4O. The highest BCUT2D eigenvalue weighted by molar-refractivity contribution is 6.52. The van der Waals surface area contributed by atoms with E-state index >= 15 is 0 Å². The van der Waals surface area contributed by atoms with Crippen LogP contribution < -0.4 is 0 Å². The van der Waals surface area contributed by atoms with Gasteiger partial charge in [-0.15, -0.1) is 0 Å². The topological polar surface area (TPSA) is 81.8 Å². The van der Waals surface area contributed by atoms with E-state index in [4.69, 9.17) is 10.8 Å². The first-order valence-electron chi connectivity index (χ1n) is 4.45. The SMILES string of the molecule is N#COB1CCC[C@@](F)(CN=[N+]=[N-])C1. The molecule has 14 heavy (non-hydrogen) atoms. The van der Waals surface area contributed by atoms with Crippen molar-refractivity contribution in [3.8, 4) is 6.26 Å². The smallest absolute Gasteiger partial charge is 0.376 e. The van der Waals surface area contributed by atoms with Crippen LogP contribution in [-0.2, 0) is 4.65 Å². The lowest BCUT2D eigenvalue weighted by atomic mass is 9.52. The van der Waals surface area contributed by atoms with E-state index in [-0.39, 0.29) is 19.8 Å². The Hall–Kier alpha value is -1.41. The van der Waals surface area contributed by atoms with Gasteiger partial charge >= 0.3 is 6.92 Å². The Bertz CT molecular complexity index is 288. The van der Waals surface area contributed by atoms with Gasteiger partial charge in [0.25, 0.3) is 6.26 Å². The maximum absolute atomic E-state index is 13.9. The number of halogens is 1. The fourth-order valence-electron chi connectivity index (χ4n) is 1.74. The summed E-state index contributed by atoms with van der Waals surface area (Å²) in [7, 11) is 0. The molecule has 1 fully saturated rings. The fraction of sp³-hybridized carbons (Fsp3) is 0.857. The molecule has 1 rings (SSSR count). The van der Waals surface area contributed by atoms with Gasteiger partial charge in [-0.25, -0.2) is 4.39 Å². The number of rotatable bonds is 3. The molecule has 0 amide bonds. The van der Waals surface area contributed by atoms with Crippen LogP contribution in [0.1, 0.15) is 12.8 Å². The second-order valence-electron chi connectivity index (χ2n) is 3.47. The second kappa shape index (κ2) is 4.73. The lowest BCUT2D eigenvalue weighted by Crippen LogP contribution is -2.38. The Balaban J connectivity index is 2.53. The van der Waals surface area contributed by atoms with Crippen molar-refractivity contribution >= 4 is 6.92 Å². The Morgan fingerprint density at radius 2 is 2.57 bits per heavy atom. The lowest BCUT2D eigenvalue weighted by molar-refractivity contribution is 0.168. The molecule has 0 bridgehead atoms. The minimum atomic E-state index is -1.49. The van der Waals surface area contributed by atoms with Crippen LogP contribution >= 0.6 is 0 Å². The molecule has 0 N–H and O–H groups in total. The summed E-state index contributed by atoms with van der Waals surface area (Å²) < 4.78 is 18.6. The van der Waals surface area contributed by atoms with Gasteiger partial charge in [0.15, 0.2) is 0 Å². The number of hydrogen-bond donors (Lipinski definition) is 0. The molecule has 1 saturated heterocycles. The zero-order valence-corrected chi connectivity index (χ0v) is 7.69. The lowest BCUT2D eigenvalue weighted by Gasteiger charge is -2.29. The predicted molar refractivity (Wildman–Crippen MR) is 49.2 cm³/mol. The number of nitriles is 1. The van der Waals surface area contributed by atoms with Gasteiger partial charge < -0.3 is 4.65 Å². The van der Waals surface area contributed by atoms with Crippen LogP contribution in [0.5, 0.6) is 0 Å². The van der Waals surface area contributed by atoms with E-state index in [1.165, 1.54) is 0 Å².